The largest absolute Gasteiger partial charge is 0.356 e. The number of rotatable bonds is 1. The molecule has 1 aliphatic rings. The molecule has 0 spiro atoms. The highest BCUT2D eigenvalue weighted by molar-refractivity contribution is 6.30. The summed E-state index contributed by atoms with van der Waals surface area (Å²) in [6.45, 7) is 14.7. The summed E-state index contributed by atoms with van der Waals surface area (Å²) in [6.07, 6.45) is 3.69. The van der Waals surface area contributed by atoms with Crippen LogP contribution in [0, 0.1) is 22.7 Å². The molecule has 0 bridgehead atoms. The first-order valence-corrected chi connectivity index (χ1v) is 11.1. The number of piperidine rings is 1. The second kappa shape index (κ2) is 10.1. The van der Waals surface area contributed by atoms with Gasteiger partial charge in [0.2, 0.25) is 0 Å². The van der Waals surface area contributed by atoms with E-state index in [9.17, 15) is 5.26 Å². The molecule has 0 aromatic carbocycles. The van der Waals surface area contributed by atoms with Crippen LogP contribution in [-0.2, 0) is 10.8 Å². The molecule has 31 heavy (non-hydrogen) atoms. The third-order valence-electron chi connectivity index (χ3n) is 5.16. The van der Waals surface area contributed by atoms with E-state index < -0.39 is 0 Å². The van der Waals surface area contributed by atoms with Crippen LogP contribution in [-0.4, -0.2) is 23.1 Å². The molecule has 164 valence electrons. The molecule has 2 aromatic rings. The van der Waals surface area contributed by atoms with E-state index in [4.69, 9.17) is 21.8 Å². The molecule has 2 aromatic heterocycles. The molecule has 0 atom stereocenters. The predicted molar refractivity (Wildman–Crippen MR) is 126 cm³/mol. The van der Waals surface area contributed by atoms with Gasteiger partial charge in [-0.1, -0.05) is 53.1 Å². The molecule has 3 heterocycles. The van der Waals surface area contributed by atoms with Crippen molar-refractivity contribution < 1.29 is 0 Å². The Morgan fingerprint density at radius 2 is 1.26 bits per heavy atom. The Labute approximate surface area is 191 Å². The molecule has 0 amide bonds. The minimum atomic E-state index is -0.0301. The highest BCUT2D eigenvalue weighted by Crippen LogP contribution is 2.27. The lowest BCUT2D eigenvalue weighted by molar-refractivity contribution is 0.553. The maximum absolute atomic E-state index is 9.23. The summed E-state index contributed by atoms with van der Waals surface area (Å²) in [6, 6.07) is 11.7. The number of halogens is 1. The van der Waals surface area contributed by atoms with E-state index in [2.05, 4.69) is 57.5 Å². The minimum Gasteiger partial charge on any atom is -0.356 e. The molecule has 1 saturated heterocycles. The lowest BCUT2D eigenvalue weighted by atomic mass is 9.91. The fourth-order valence-corrected chi connectivity index (χ4v) is 3.43. The van der Waals surface area contributed by atoms with E-state index in [1.54, 1.807) is 6.07 Å². The lowest BCUT2D eigenvalue weighted by Gasteiger charge is -2.30. The van der Waals surface area contributed by atoms with E-state index in [1.807, 2.05) is 24.3 Å². The summed E-state index contributed by atoms with van der Waals surface area (Å²) in [5.41, 5.74) is 3.08. The normalized spacial score (nSPS) is 14.2. The summed E-state index contributed by atoms with van der Waals surface area (Å²) in [4.78, 5) is 11.2. The van der Waals surface area contributed by atoms with Crippen LogP contribution in [0.1, 0.15) is 83.3 Å². The van der Waals surface area contributed by atoms with Gasteiger partial charge in [0.15, 0.2) is 0 Å². The number of nitriles is 2. The monoisotopic (exact) mass is 437 g/mol. The van der Waals surface area contributed by atoms with Gasteiger partial charge in [-0.3, -0.25) is 0 Å². The SMILES string of the molecule is CC(C)(C)c1ccc(C#N)c(Cl)n1.CC(C)(C)c1ccc(C#N)c(N2CCCCC2)n1. The Hall–Kier alpha value is -2.63. The fourth-order valence-electron chi connectivity index (χ4n) is 3.24. The smallest absolute Gasteiger partial charge is 0.147 e. The standard InChI is InChI=1S/C15H21N3.C10H11ClN2/c1-15(2,3)13-8-7-12(11-16)14(17-13)18-9-5-4-6-10-18;1-10(2,3)8-5-4-7(6-12)9(11)13-8/h7-8H,4-6,9-10H2,1-3H3;4-5H,1-3H3. The second-order valence-corrected chi connectivity index (χ2v) is 10.2. The zero-order chi connectivity index (χ0) is 23.2. The molecule has 6 heteroatoms. The van der Waals surface area contributed by atoms with Crippen molar-refractivity contribution in [2.45, 2.75) is 71.6 Å². The molecule has 0 aliphatic carbocycles. The maximum atomic E-state index is 9.23. The Bertz CT molecular complexity index is 981. The Kier molecular flexibility index (Phi) is 8.04. The lowest BCUT2D eigenvalue weighted by Crippen LogP contribution is -2.31. The van der Waals surface area contributed by atoms with E-state index in [0.717, 1.165) is 30.3 Å². The van der Waals surface area contributed by atoms with Crippen molar-refractivity contribution in [1.29, 1.82) is 10.5 Å². The highest BCUT2D eigenvalue weighted by atomic mass is 35.5. The summed E-state index contributed by atoms with van der Waals surface area (Å²) in [5, 5.41) is 18.2. The van der Waals surface area contributed by atoms with E-state index >= 15 is 0 Å². The molecule has 0 radical (unpaired) electrons. The van der Waals surface area contributed by atoms with Gasteiger partial charge in [-0.15, -0.1) is 0 Å². The van der Waals surface area contributed by atoms with Gasteiger partial charge in [0.25, 0.3) is 0 Å². The molecular weight excluding hydrogens is 406 g/mol. The number of hydrogen-bond acceptors (Lipinski definition) is 5. The van der Waals surface area contributed by atoms with Gasteiger partial charge in [0.05, 0.1) is 11.1 Å². The summed E-state index contributed by atoms with van der Waals surface area (Å²) < 4.78 is 0. The highest BCUT2D eigenvalue weighted by Gasteiger charge is 2.21. The molecule has 0 unspecified atom stereocenters. The van der Waals surface area contributed by atoms with Gasteiger partial charge in [0.1, 0.15) is 23.1 Å². The van der Waals surface area contributed by atoms with Gasteiger partial charge in [-0.05, 0) is 43.5 Å². The Balaban J connectivity index is 0.000000233. The topological polar surface area (TPSA) is 76.6 Å². The van der Waals surface area contributed by atoms with Crippen LogP contribution in [0.15, 0.2) is 24.3 Å². The predicted octanol–water partition coefficient (Wildman–Crippen LogP) is 6.15. The van der Waals surface area contributed by atoms with E-state index in [-0.39, 0.29) is 16.0 Å². The first-order valence-electron chi connectivity index (χ1n) is 10.7. The zero-order valence-corrected chi connectivity index (χ0v) is 20.2. The van der Waals surface area contributed by atoms with Crippen molar-refractivity contribution in [2.24, 2.45) is 0 Å². The van der Waals surface area contributed by atoms with Crippen LogP contribution in [0.5, 0.6) is 0 Å². The maximum Gasteiger partial charge on any atom is 0.147 e. The van der Waals surface area contributed by atoms with Gasteiger partial charge in [0, 0.05) is 35.3 Å². The van der Waals surface area contributed by atoms with E-state index in [0.29, 0.717) is 11.1 Å². The van der Waals surface area contributed by atoms with Crippen LogP contribution in [0.4, 0.5) is 5.82 Å². The first-order chi connectivity index (χ1) is 14.5. The summed E-state index contributed by atoms with van der Waals surface area (Å²) >= 11 is 5.80. The summed E-state index contributed by atoms with van der Waals surface area (Å²) in [7, 11) is 0. The van der Waals surface area contributed by atoms with Gasteiger partial charge in [-0.2, -0.15) is 10.5 Å². The average molecular weight is 438 g/mol. The first kappa shape index (κ1) is 24.6. The van der Waals surface area contributed by atoms with Crippen LogP contribution < -0.4 is 4.90 Å². The van der Waals surface area contributed by atoms with E-state index in [1.165, 1.54) is 19.3 Å². The number of anilines is 1. The van der Waals surface area contributed by atoms with Crippen molar-refractivity contribution in [3.8, 4) is 12.1 Å². The molecule has 1 fully saturated rings. The van der Waals surface area contributed by atoms with Crippen molar-refractivity contribution in [3.05, 3.63) is 51.9 Å². The zero-order valence-electron chi connectivity index (χ0n) is 19.5. The quantitative estimate of drug-likeness (QED) is 0.500. The Morgan fingerprint density at radius 3 is 1.71 bits per heavy atom. The summed E-state index contributed by atoms with van der Waals surface area (Å²) in [5.74, 6) is 0.879. The van der Waals surface area contributed by atoms with Gasteiger partial charge in [-0.25, -0.2) is 9.97 Å². The van der Waals surface area contributed by atoms with Crippen LogP contribution in [0.3, 0.4) is 0 Å². The van der Waals surface area contributed by atoms with Crippen molar-refractivity contribution in [2.75, 3.05) is 18.0 Å². The van der Waals surface area contributed by atoms with Crippen molar-refractivity contribution in [1.82, 2.24) is 9.97 Å². The van der Waals surface area contributed by atoms with Crippen LogP contribution in [0.2, 0.25) is 5.15 Å². The minimum absolute atomic E-state index is 0.0263. The number of nitrogens with zero attached hydrogens (tertiary/aromatic N) is 5. The molecular formula is C25H32ClN5. The van der Waals surface area contributed by atoms with Gasteiger partial charge < -0.3 is 4.90 Å². The second-order valence-electron chi connectivity index (χ2n) is 9.87. The average Bonchev–Trinajstić information content (AvgIpc) is 2.73. The van der Waals surface area contributed by atoms with Crippen LogP contribution >= 0.6 is 11.6 Å². The van der Waals surface area contributed by atoms with Crippen molar-refractivity contribution in [3.63, 3.8) is 0 Å². The molecule has 1 aliphatic heterocycles. The Morgan fingerprint density at radius 1 is 0.774 bits per heavy atom. The number of aromatic nitrogens is 2. The fraction of sp³-hybridized carbons (Fsp3) is 0.520. The molecule has 3 rings (SSSR count). The van der Waals surface area contributed by atoms with Gasteiger partial charge >= 0.3 is 0 Å². The van der Waals surface area contributed by atoms with Crippen molar-refractivity contribution >= 4 is 17.4 Å². The molecule has 0 N–H and O–H groups in total. The van der Waals surface area contributed by atoms with Crippen LogP contribution in [0.25, 0.3) is 0 Å². The molecule has 0 saturated carbocycles. The molecule has 5 nitrogen and oxygen atoms in total. The third kappa shape index (κ3) is 6.68. The number of hydrogen-bond donors (Lipinski definition) is 0. The number of pyridine rings is 2. The third-order valence-corrected chi connectivity index (χ3v) is 5.45.